The minimum Gasteiger partial charge on any atom is -0.311 e. The Bertz CT molecular complexity index is 467. The van der Waals surface area contributed by atoms with Crippen LogP contribution in [0.1, 0.15) is 57.2 Å². The summed E-state index contributed by atoms with van der Waals surface area (Å²) in [6.45, 7) is 3.20. The van der Waals surface area contributed by atoms with E-state index in [0.29, 0.717) is 6.04 Å². The molecule has 21 heavy (non-hydrogen) atoms. The highest BCUT2D eigenvalue weighted by Gasteiger charge is 2.51. The summed E-state index contributed by atoms with van der Waals surface area (Å²) in [5, 5.41) is 12.1. The monoisotopic (exact) mass is 288 g/mol. The first-order valence-electron chi connectivity index (χ1n) is 8.85. The van der Waals surface area contributed by atoms with Gasteiger partial charge in [0.15, 0.2) is 0 Å². The van der Waals surface area contributed by atoms with E-state index in [4.69, 9.17) is 0 Å². The third-order valence-corrected chi connectivity index (χ3v) is 6.40. The first kappa shape index (κ1) is 13.7. The van der Waals surface area contributed by atoms with Gasteiger partial charge in [0.1, 0.15) is 0 Å². The van der Waals surface area contributed by atoms with Crippen LogP contribution in [0.15, 0.2) is 6.20 Å². The Kier molecular flexibility index (Phi) is 3.52. The topological polar surface area (TPSA) is 42.7 Å². The highest BCUT2D eigenvalue weighted by atomic mass is 15.4. The Morgan fingerprint density at radius 1 is 1.19 bits per heavy atom. The molecule has 4 bridgehead atoms. The van der Waals surface area contributed by atoms with Crippen LogP contribution in [-0.4, -0.2) is 22.0 Å². The summed E-state index contributed by atoms with van der Waals surface area (Å²) in [5.41, 5.74) is 1.32. The smallest absolute Gasteiger partial charge is 0.0759 e. The average Bonchev–Trinajstić information content (AvgIpc) is 2.90. The molecule has 0 amide bonds. The van der Waals surface area contributed by atoms with Crippen LogP contribution in [0.3, 0.4) is 0 Å². The highest BCUT2D eigenvalue weighted by Crippen LogP contribution is 2.59. The number of aryl methyl sites for hydroxylation is 1. The summed E-state index contributed by atoms with van der Waals surface area (Å²) in [5.74, 6) is 4.75. The van der Waals surface area contributed by atoms with E-state index in [1.165, 1.54) is 37.8 Å². The van der Waals surface area contributed by atoms with E-state index in [-0.39, 0.29) is 0 Å². The van der Waals surface area contributed by atoms with Crippen molar-refractivity contribution >= 4 is 0 Å². The van der Waals surface area contributed by atoms with E-state index >= 15 is 0 Å². The molecule has 0 saturated heterocycles. The van der Waals surface area contributed by atoms with Gasteiger partial charge in [0.2, 0.25) is 0 Å². The largest absolute Gasteiger partial charge is 0.311 e. The number of nitrogens with one attached hydrogen (secondary N) is 1. The van der Waals surface area contributed by atoms with Crippen LogP contribution in [0.4, 0.5) is 0 Å². The van der Waals surface area contributed by atoms with Crippen molar-refractivity contribution in [2.75, 3.05) is 7.05 Å². The van der Waals surface area contributed by atoms with E-state index < -0.39 is 0 Å². The zero-order chi connectivity index (χ0) is 14.4. The van der Waals surface area contributed by atoms with Gasteiger partial charge in [0.25, 0.3) is 0 Å². The fraction of sp³-hybridized carbons (Fsp3) is 0.882. The van der Waals surface area contributed by atoms with Crippen LogP contribution in [0.25, 0.3) is 0 Å². The van der Waals surface area contributed by atoms with Crippen molar-refractivity contribution in [3.8, 4) is 0 Å². The molecular weight excluding hydrogens is 260 g/mol. The zero-order valence-corrected chi connectivity index (χ0v) is 13.3. The van der Waals surface area contributed by atoms with Crippen molar-refractivity contribution in [3.05, 3.63) is 11.9 Å². The van der Waals surface area contributed by atoms with Crippen LogP contribution in [0.2, 0.25) is 0 Å². The molecule has 0 radical (unpaired) electrons. The third kappa shape index (κ3) is 2.23. The van der Waals surface area contributed by atoms with Crippen molar-refractivity contribution in [1.29, 1.82) is 0 Å². The molecule has 1 unspecified atom stereocenters. The molecule has 4 fully saturated rings. The fourth-order valence-electron chi connectivity index (χ4n) is 5.94. The molecule has 1 aromatic rings. The maximum Gasteiger partial charge on any atom is 0.0759 e. The molecule has 0 aliphatic heterocycles. The van der Waals surface area contributed by atoms with E-state index in [1.54, 1.807) is 0 Å². The summed E-state index contributed by atoms with van der Waals surface area (Å²) in [6, 6.07) is 0.446. The summed E-state index contributed by atoms with van der Waals surface area (Å²) < 4.78 is 2.13. The molecule has 5 rings (SSSR count). The quantitative estimate of drug-likeness (QED) is 0.905. The Balaban J connectivity index is 1.62. The maximum atomic E-state index is 4.31. The second kappa shape index (κ2) is 5.38. The van der Waals surface area contributed by atoms with Gasteiger partial charge in [0, 0.05) is 6.54 Å². The lowest BCUT2D eigenvalue weighted by atomic mass is 9.50. The number of hydrogen-bond acceptors (Lipinski definition) is 3. The first-order valence-corrected chi connectivity index (χ1v) is 8.85. The van der Waals surface area contributed by atoms with Gasteiger partial charge in [0.05, 0.1) is 17.9 Å². The van der Waals surface area contributed by atoms with Gasteiger partial charge in [-0.25, -0.2) is 4.68 Å². The van der Waals surface area contributed by atoms with E-state index in [1.807, 2.05) is 6.20 Å². The van der Waals surface area contributed by atoms with Crippen molar-refractivity contribution in [3.63, 3.8) is 0 Å². The Morgan fingerprint density at radius 2 is 1.86 bits per heavy atom. The minimum absolute atomic E-state index is 0.446. The second-order valence-corrected chi connectivity index (χ2v) is 7.66. The summed E-state index contributed by atoms with van der Waals surface area (Å²) >= 11 is 0. The van der Waals surface area contributed by atoms with E-state index in [9.17, 15) is 0 Å². The molecule has 116 valence electrons. The summed E-state index contributed by atoms with van der Waals surface area (Å²) in [7, 11) is 2.12. The van der Waals surface area contributed by atoms with E-state index in [2.05, 4.69) is 34.3 Å². The van der Waals surface area contributed by atoms with Crippen molar-refractivity contribution in [2.45, 2.75) is 58.0 Å². The molecule has 4 saturated carbocycles. The molecule has 0 spiro atoms. The molecule has 4 aliphatic carbocycles. The van der Waals surface area contributed by atoms with Crippen molar-refractivity contribution < 1.29 is 0 Å². The molecular formula is C17H28N4. The fourth-order valence-corrected chi connectivity index (χ4v) is 5.94. The van der Waals surface area contributed by atoms with Crippen LogP contribution in [-0.2, 0) is 6.54 Å². The maximum absolute atomic E-state index is 4.31. The predicted octanol–water partition coefficient (Wildman–Crippen LogP) is 3.02. The van der Waals surface area contributed by atoms with Crippen LogP contribution >= 0.6 is 0 Å². The lowest BCUT2D eigenvalue weighted by Crippen LogP contribution is -2.49. The Labute approximate surface area is 127 Å². The van der Waals surface area contributed by atoms with Gasteiger partial charge in [-0.15, -0.1) is 5.10 Å². The normalized spacial score (nSPS) is 38.9. The Hall–Kier alpha value is -0.900. The van der Waals surface area contributed by atoms with Gasteiger partial charge in [-0.2, -0.15) is 0 Å². The lowest BCUT2D eigenvalue weighted by Gasteiger charge is -2.56. The zero-order valence-electron chi connectivity index (χ0n) is 13.3. The molecule has 1 atom stereocenters. The number of rotatable bonds is 5. The SMILES string of the molecule is CCCn1nncc1C(NC)C1C2CC3CC(C2)CC1C3. The molecule has 1 aromatic heterocycles. The average molecular weight is 288 g/mol. The van der Waals surface area contributed by atoms with Crippen molar-refractivity contribution in [1.82, 2.24) is 20.3 Å². The molecule has 4 heteroatoms. The van der Waals surface area contributed by atoms with Crippen LogP contribution in [0, 0.1) is 29.6 Å². The molecule has 4 aliphatic rings. The minimum atomic E-state index is 0.446. The molecule has 4 nitrogen and oxygen atoms in total. The van der Waals surface area contributed by atoms with Gasteiger partial charge < -0.3 is 5.32 Å². The number of hydrogen-bond donors (Lipinski definition) is 1. The predicted molar refractivity (Wildman–Crippen MR) is 82.6 cm³/mol. The highest BCUT2D eigenvalue weighted by molar-refractivity contribution is 5.10. The van der Waals surface area contributed by atoms with Crippen molar-refractivity contribution in [2.24, 2.45) is 29.6 Å². The molecule has 1 heterocycles. The van der Waals surface area contributed by atoms with Gasteiger partial charge in [-0.3, -0.25) is 0 Å². The summed E-state index contributed by atoms with van der Waals surface area (Å²) in [6.07, 6.45) is 10.6. The standard InChI is InChI=1S/C17H28N4/c1-3-4-21-15(10-19-20-21)17(18-2)16-13-6-11-5-12(8-13)9-14(16)7-11/h10-14,16-18H,3-9H2,1-2H3. The first-order chi connectivity index (χ1) is 10.3. The van der Waals surface area contributed by atoms with Gasteiger partial charge in [-0.1, -0.05) is 12.1 Å². The van der Waals surface area contributed by atoms with Crippen LogP contribution in [0.5, 0.6) is 0 Å². The third-order valence-electron chi connectivity index (χ3n) is 6.40. The summed E-state index contributed by atoms with van der Waals surface area (Å²) in [4.78, 5) is 0. The second-order valence-electron chi connectivity index (χ2n) is 7.66. The van der Waals surface area contributed by atoms with Gasteiger partial charge in [-0.05, 0) is 75.2 Å². The number of aromatic nitrogens is 3. The Morgan fingerprint density at radius 3 is 2.43 bits per heavy atom. The van der Waals surface area contributed by atoms with Gasteiger partial charge >= 0.3 is 0 Å². The van der Waals surface area contributed by atoms with E-state index in [0.717, 1.165) is 42.6 Å². The molecule has 0 aromatic carbocycles. The van der Waals surface area contributed by atoms with Crippen LogP contribution < -0.4 is 5.32 Å². The number of nitrogens with zero attached hydrogens (tertiary/aromatic N) is 3. The lowest BCUT2D eigenvalue weighted by molar-refractivity contribution is -0.0526. The molecule has 1 N–H and O–H groups in total.